The van der Waals surface area contributed by atoms with E-state index in [9.17, 15) is 41.4 Å². The normalized spacial score (nSPS) is 12.0. The maximum absolute atomic E-state index is 14.0. The van der Waals surface area contributed by atoms with Gasteiger partial charge in [-0.25, -0.2) is 17.4 Å². The summed E-state index contributed by atoms with van der Waals surface area (Å²) in [5.41, 5.74) is 3.02. The van der Waals surface area contributed by atoms with Crippen molar-refractivity contribution in [2.45, 2.75) is 64.5 Å². The van der Waals surface area contributed by atoms with Gasteiger partial charge in [0, 0.05) is 54.4 Å². The van der Waals surface area contributed by atoms with E-state index < -0.39 is 41.7 Å². The molecule has 1 unspecified atom stereocenters. The van der Waals surface area contributed by atoms with E-state index in [1.807, 2.05) is 0 Å². The van der Waals surface area contributed by atoms with E-state index in [1.165, 1.54) is 26.0 Å². The molecule has 4 aromatic carbocycles. The summed E-state index contributed by atoms with van der Waals surface area (Å²) < 4.78 is 83.0. The van der Waals surface area contributed by atoms with Crippen LogP contribution in [0.4, 0.5) is 4.39 Å². The molecule has 0 fully saturated rings. The van der Waals surface area contributed by atoms with Crippen molar-refractivity contribution in [3.63, 3.8) is 0 Å². The summed E-state index contributed by atoms with van der Waals surface area (Å²) in [5.74, 6) is -1.53. The van der Waals surface area contributed by atoms with Gasteiger partial charge in [-0.05, 0) is 111 Å². The molecule has 0 radical (unpaired) electrons. The van der Waals surface area contributed by atoms with Crippen molar-refractivity contribution in [1.29, 1.82) is 5.26 Å². The first-order valence-electron chi connectivity index (χ1n) is 20.4. The Bertz CT molecular complexity index is 2840. The number of rotatable bonds is 22. The number of ether oxygens (including phenoxy) is 4. The minimum atomic E-state index is -4.67. The molecule has 0 saturated carbocycles. The number of Topliss-reactive ketones (excluding diaryl/α,β-unsaturated/α-hetero) is 1. The van der Waals surface area contributed by atoms with Crippen LogP contribution in [0.15, 0.2) is 83.1 Å². The number of amides is 1. The minimum Gasteiger partial charge on any atom is -0.490 e. The fourth-order valence-corrected chi connectivity index (χ4v) is 10.2. The molecule has 3 N–H and O–H groups in total. The standard InChI is InChI=1S/C46H47FN3O13PS2/c1-28-10-12-33(23-41(28)61-31(4)51)39(53)9-6-7-21-60-45-30(3)37(16-17-40(45)59-22-8-20-49-46(54)34-13-11-29(2)42(24-34)62-32(5)52)43-18-19-44(65-43)66(57,58)50-27-64(55,56)63-36-15-14-35(26-48)38(47)25-36/h10-19,23-25,50H,6-9,20-22,27H2,1-5H3,(H,49,54)(H,55,56). The molecule has 5 aromatic rings. The maximum Gasteiger partial charge on any atom is 0.391 e. The molecule has 0 aliphatic heterocycles. The zero-order chi connectivity index (χ0) is 48.2. The molecule has 0 aliphatic carbocycles. The summed E-state index contributed by atoms with van der Waals surface area (Å²) >= 11 is 0.881. The van der Waals surface area contributed by atoms with Crippen molar-refractivity contribution < 1.29 is 64.9 Å². The molecule has 1 amide bonds. The van der Waals surface area contributed by atoms with Gasteiger partial charge in [0.05, 0.1) is 18.8 Å². The zero-order valence-corrected chi connectivity index (χ0v) is 39.1. The minimum absolute atomic E-state index is 0.140. The highest BCUT2D eigenvalue weighted by Gasteiger charge is 2.27. The number of aryl methyl sites for hydroxylation is 2. The summed E-state index contributed by atoms with van der Waals surface area (Å²) in [6, 6.07) is 20.5. The quantitative estimate of drug-likeness (QED) is 0.0195. The Morgan fingerprint density at radius 1 is 0.803 bits per heavy atom. The van der Waals surface area contributed by atoms with Crippen LogP contribution < -0.4 is 33.5 Å². The molecule has 348 valence electrons. The van der Waals surface area contributed by atoms with Gasteiger partial charge in [-0.1, -0.05) is 18.2 Å². The number of unbranched alkanes of at least 4 members (excludes halogenated alkanes) is 1. The summed E-state index contributed by atoms with van der Waals surface area (Å²) in [7, 11) is -9.02. The molecule has 0 aliphatic rings. The molecule has 0 saturated heterocycles. The average Bonchev–Trinajstić information content (AvgIpc) is 3.76. The Labute approximate surface area is 385 Å². The first-order chi connectivity index (χ1) is 31.3. The molecule has 0 bridgehead atoms. The Balaban J connectivity index is 1.26. The third kappa shape index (κ3) is 14.0. The summed E-state index contributed by atoms with van der Waals surface area (Å²) in [4.78, 5) is 59.7. The highest BCUT2D eigenvalue weighted by molar-refractivity contribution is 7.92. The molecule has 16 nitrogen and oxygen atoms in total. The molecule has 1 aromatic heterocycles. The van der Waals surface area contributed by atoms with Crippen LogP contribution in [-0.4, -0.2) is 63.0 Å². The second-order valence-electron chi connectivity index (χ2n) is 14.8. The number of carbonyl (C=O) groups is 4. The predicted octanol–water partition coefficient (Wildman–Crippen LogP) is 8.33. The summed E-state index contributed by atoms with van der Waals surface area (Å²) in [6.45, 7) is 8.43. The molecule has 5 rings (SSSR count). The molecule has 0 spiro atoms. The highest BCUT2D eigenvalue weighted by Crippen LogP contribution is 2.44. The average molecular weight is 964 g/mol. The number of sulfonamides is 1. The number of benzene rings is 4. The van der Waals surface area contributed by atoms with Crippen LogP contribution >= 0.6 is 18.9 Å². The van der Waals surface area contributed by atoms with E-state index in [2.05, 4.69) is 10.0 Å². The fourth-order valence-electron chi connectivity index (χ4n) is 6.22. The van der Waals surface area contributed by atoms with Gasteiger partial charge in [0.1, 0.15) is 39.6 Å². The lowest BCUT2D eigenvalue weighted by Crippen LogP contribution is -2.25. The van der Waals surface area contributed by atoms with Gasteiger partial charge in [-0.15, -0.1) is 11.3 Å². The third-order valence-electron chi connectivity index (χ3n) is 9.62. The molecule has 66 heavy (non-hydrogen) atoms. The van der Waals surface area contributed by atoms with Crippen molar-refractivity contribution in [1.82, 2.24) is 10.0 Å². The Morgan fingerprint density at radius 3 is 2.11 bits per heavy atom. The van der Waals surface area contributed by atoms with Crippen LogP contribution in [0.2, 0.25) is 0 Å². The van der Waals surface area contributed by atoms with Gasteiger partial charge in [-0.2, -0.15) is 9.98 Å². The van der Waals surface area contributed by atoms with Crippen molar-refractivity contribution >= 4 is 52.6 Å². The lowest BCUT2D eigenvalue weighted by molar-refractivity contribution is -0.132. The van der Waals surface area contributed by atoms with E-state index in [-0.39, 0.29) is 59.1 Å². The van der Waals surface area contributed by atoms with E-state index >= 15 is 0 Å². The van der Waals surface area contributed by atoms with Crippen LogP contribution in [0, 0.1) is 37.9 Å². The van der Waals surface area contributed by atoms with Gasteiger partial charge in [0.2, 0.25) is 0 Å². The molecular formula is C46H47FN3O13PS2. The fraction of sp³-hybridized carbons (Fsp3) is 0.283. The van der Waals surface area contributed by atoms with Crippen LogP contribution in [0.3, 0.4) is 0 Å². The topological polar surface area (TPSA) is 234 Å². The Morgan fingerprint density at radius 2 is 1.45 bits per heavy atom. The lowest BCUT2D eigenvalue weighted by Gasteiger charge is -2.18. The van der Waals surface area contributed by atoms with Crippen molar-refractivity contribution in [3.8, 4) is 45.3 Å². The Hall–Kier alpha value is -6.42. The number of hydrogen-bond acceptors (Lipinski definition) is 14. The third-order valence-corrected chi connectivity index (χ3v) is 13.9. The Kier molecular flexibility index (Phi) is 17.4. The number of carbonyl (C=O) groups excluding carboxylic acids is 4. The first kappa shape index (κ1) is 50.6. The van der Waals surface area contributed by atoms with Crippen LogP contribution in [-0.2, 0) is 24.2 Å². The van der Waals surface area contributed by atoms with Gasteiger partial charge < -0.3 is 33.7 Å². The second kappa shape index (κ2) is 22.7. The number of hydrogen-bond donors (Lipinski definition) is 3. The number of esters is 2. The highest BCUT2D eigenvalue weighted by atomic mass is 32.2. The van der Waals surface area contributed by atoms with E-state index in [0.717, 1.165) is 29.5 Å². The van der Waals surface area contributed by atoms with Crippen molar-refractivity contribution in [2.24, 2.45) is 0 Å². The van der Waals surface area contributed by atoms with Gasteiger partial charge in [0.25, 0.3) is 15.9 Å². The van der Waals surface area contributed by atoms with E-state index in [1.54, 1.807) is 75.4 Å². The predicted molar refractivity (Wildman–Crippen MR) is 242 cm³/mol. The smallest absolute Gasteiger partial charge is 0.391 e. The zero-order valence-electron chi connectivity index (χ0n) is 36.6. The number of nitriles is 1. The lowest BCUT2D eigenvalue weighted by atomic mass is 10.0. The van der Waals surface area contributed by atoms with Crippen LogP contribution in [0.1, 0.15) is 82.5 Å². The van der Waals surface area contributed by atoms with E-state index in [0.29, 0.717) is 74.8 Å². The summed E-state index contributed by atoms with van der Waals surface area (Å²) in [6.07, 6.45) is 0.478. The van der Waals surface area contributed by atoms with Crippen LogP contribution in [0.25, 0.3) is 10.4 Å². The number of ketones is 1. The molecule has 1 heterocycles. The van der Waals surface area contributed by atoms with Gasteiger partial charge in [0.15, 0.2) is 17.3 Å². The van der Waals surface area contributed by atoms with Crippen LogP contribution in [0.5, 0.6) is 28.7 Å². The second-order valence-corrected chi connectivity index (χ2v) is 19.7. The van der Waals surface area contributed by atoms with Crippen molar-refractivity contribution in [2.75, 3.05) is 26.0 Å². The molecular weight excluding hydrogens is 917 g/mol. The van der Waals surface area contributed by atoms with Crippen molar-refractivity contribution in [3.05, 3.63) is 118 Å². The van der Waals surface area contributed by atoms with Gasteiger partial charge >= 0.3 is 19.5 Å². The molecule has 1 atom stereocenters. The number of nitrogens with zero attached hydrogens (tertiary/aromatic N) is 1. The summed E-state index contributed by atoms with van der Waals surface area (Å²) in [5, 5.41) is 11.7. The number of halogens is 1. The monoisotopic (exact) mass is 963 g/mol. The largest absolute Gasteiger partial charge is 0.490 e. The maximum atomic E-state index is 14.0. The number of thiophene rings is 1. The SMILES string of the molecule is CC(=O)Oc1cc(C(=O)CCCCOc2c(OCCCNC(=O)c3ccc(C)c(OC(C)=O)c3)ccc(-c3ccc(S(=O)(=O)NCP(=O)(O)Oc4ccc(C#N)c(F)c4)s3)c2C)ccc1C. The first-order valence-corrected chi connectivity index (χ1v) is 24.4. The number of nitrogens with one attached hydrogen (secondary N) is 2. The molecule has 20 heteroatoms. The van der Waals surface area contributed by atoms with E-state index in [4.69, 9.17) is 28.7 Å². The van der Waals surface area contributed by atoms with Gasteiger partial charge in [-0.3, -0.25) is 19.2 Å².